The van der Waals surface area contributed by atoms with Crippen LogP contribution in [-0.2, 0) is 16.1 Å². The highest BCUT2D eigenvalue weighted by molar-refractivity contribution is 7.07. The number of carbonyl (C=O) groups is 1. The van der Waals surface area contributed by atoms with Gasteiger partial charge in [0.05, 0.1) is 28.5 Å². The van der Waals surface area contributed by atoms with E-state index in [1.807, 2.05) is 68.5 Å². The van der Waals surface area contributed by atoms with Crippen molar-refractivity contribution >= 4 is 46.6 Å². The van der Waals surface area contributed by atoms with Crippen molar-refractivity contribution in [1.82, 2.24) is 4.57 Å². The zero-order valence-corrected chi connectivity index (χ0v) is 25.4. The molecule has 2 heterocycles. The van der Waals surface area contributed by atoms with Crippen LogP contribution in [0.15, 0.2) is 81.7 Å². The van der Waals surface area contributed by atoms with E-state index in [-0.39, 0.29) is 12.2 Å². The summed E-state index contributed by atoms with van der Waals surface area (Å²) >= 11 is 13.4. The van der Waals surface area contributed by atoms with E-state index in [4.69, 9.17) is 32.7 Å². The van der Waals surface area contributed by atoms with Crippen molar-refractivity contribution in [2.24, 2.45) is 4.99 Å². The molecular formula is C32H28Cl2N2O4S. The van der Waals surface area contributed by atoms with Crippen molar-refractivity contribution in [3.63, 3.8) is 0 Å². The fraction of sp³-hybridized carbons (Fsp3) is 0.219. The number of carbonyl (C=O) groups excluding carboxylic acids is 1. The van der Waals surface area contributed by atoms with Gasteiger partial charge in [0.15, 0.2) is 4.80 Å². The Balaban J connectivity index is 1.54. The Morgan fingerprint density at radius 1 is 1.00 bits per heavy atom. The molecule has 0 saturated carbocycles. The molecule has 4 aromatic rings. The summed E-state index contributed by atoms with van der Waals surface area (Å²) in [5, 5.41) is 1.24. The van der Waals surface area contributed by atoms with Crippen molar-refractivity contribution in [2.45, 2.75) is 40.3 Å². The van der Waals surface area contributed by atoms with E-state index < -0.39 is 12.0 Å². The Morgan fingerprint density at radius 2 is 1.61 bits per heavy atom. The lowest BCUT2D eigenvalue weighted by molar-refractivity contribution is -0.139. The molecule has 0 bridgehead atoms. The van der Waals surface area contributed by atoms with Gasteiger partial charge in [-0.2, -0.15) is 0 Å². The van der Waals surface area contributed by atoms with Crippen LogP contribution in [0.5, 0.6) is 5.75 Å². The van der Waals surface area contributed by atoms with Gasteiger partial charge >= 0.3 is 5.97 Å². The van der Waals surface area contributed by atoms with Crippen LogP contribution in [0.25, 0.3) is 6.08 Å². The molecule has 6 nitrogen and oxygen atoms in total. The Labute approximate surface area is 251 Å². The molecule has 9 heteroatoms. The van der Waals surface area contributed by atoms with E-state index in [1.54, 1.807) is 30.5 Å². The van der Waals surface area contributed by atoms with E-state index in [1.165, 1.54) is 11.3 Å². The Bertz CT molecular complexity index is 1820. The third-order valence-electron chi connectivity index (χ3n) is 6.78. The number of nitrogens with zero attached hydrogens (tertiary/aromatic N) is 2. The van der Waals surface area contributed by atoms with E-state index in [0.29, 0.717) is 37.3 Å². The standard InChI is InChI=1S/C32H28Cl2N2O4S/c1-5-39-31(38)27-20(4)35-32-36(28(27)23-8-12-25(34)13-9-23)30(37)26(41-32)16-22-14-18(2)29(19(3)15-22)40-17-21-6-10-24(33)11-7-21/h6-16,28H,5,17H2,1-4H3/b26-16-/t28-/m1/s1. The molecule has 0 fully saturated rings. The molecule has 3 aromatic carbocycles. The van der Waals surface area contributed by atoms with Gasteiger partial charge in [-0.1, -0.05) is 58.8 Å². The van der Waals surface area contributed by atoms with Gasteiger partial charge in [-0.25, -0.2) is 9.79 Å². The highest BCUT2D eigenvalue weighted by Gasteiger charge is 2.33. The number of halogens is 2. The van der Waals surface area contributed by atoms with Crippen LogP contribution in [-0.4, -0.2) is 17.1 Å². The Morgan fingerprint density at radius 3 is 2.22 bits per heavy atom. The fourth-order valence-electron chi connectivity index (χ4n) is 4.93. The largest absolute Gasteiger partial charge is 0.488 e. The zero-order valence-electron chi connectivity index (χ0n) is 23.0. The van der Waals surface area contributed by atoms with Crippen molar-refractivity contribution in [1.29, 1.82) is 0 Å². The first kappa shape index (κ1) is 28.9. The normalized spacial score (nSPS) is 15.0. The average molecular weight is 608 g/mol. The minimum Gasteiger partial charge on any atom is -0.488 e. The summed E-state index contributed by atoms with van der Waals surface area (Å²) < 4.78 is 13.6. The molecule has 0 saturated heterocycles. The predicted molar refractivity (Wildman–Crippen MR) is 164 cm³/mol. The van der Waals surface area contributed by atoms with Crippen molar-refractivity contribution in [3.05, 3.63) is 129 Å². The minimum absolute atomic E-state index is 0.214. The lowest BCUT2D eigenvalue weighted by Gasteiger charge is -2.24. The highest BCUT2D eigenvalue weighted by atomic mass is 35.5. The predicted octanol–water partition coefficient (Wildman–Crippen LogP) is 6.30. The second-order valence-electron chi connectivity index (χ2n) is 9.75. The van der Waals surface area contributed by atoms with Crippen LogP contribution in [0.3, 0.4) is 0 Å². The van der Waals surface area contributed by atoms with Crippen molar-refractivity contribution < 1.29 is 14.3 Å². The van der Waals surface area contributed by atoms with Gasteiger partial charge in [0.1, 0.15) is 12.4 Å². The number of esters is 1. The van der Waals surface area contributed by atoms with E-state index in [9.17, 15) is 9.59 Å². The molecule has 210 valence electrons. The first-order valence-corrected chi connectivity index (χ1v) is 14.7. The lowest BCUT2D eigenvalue weighted by Crippen LogP contribution is -2.39. The number of aromatic nitrogens is 1. The number of rotatable bonds is 7. The summed E-state index contributed by atoms with van der Waals surface area (Å²) in [6.45, 7) is 8.12. The van der Waals surface area contributed by atoms with Crippen molar-refractivity contribution in [2.75, 3.05) is 6.61 Å². The quantitative estimate of drug-likeness (QED) is 0.231. The first-order chi connectivity index (χ1) is 19.7. The third kappa shape index (κ3) is 6.03. The molecule has 41 heavy (non-hydrogen) atoms. The number of ether oxygens (including phenoxy) is 2. The average Bonchev–Trinajstić information content (AvgIpc) is 3.23. The molecule has 0 spiro atoms. The number of fused-ring (bicyclic) bond motifs is 1. The smallest absolute Gasteiger partial charge is 0.338 e. The van der Waals surface area contributed by atoms with E-state index in [2.05, 4.69) is 4.99 Å². The molecule has 5 rings (SSSR count). The highest BCUT2D eigenvalue weighted by Crippen LogP contribution is 2.31. The molecule has 1 aromatic heterocycles. The monoisotopic (exact) mass is 606 g/mol. The van der Waals surface area contributed by atoms with Crippen LogP contribution in [0.2, 0.25) is 10.0 Å². The number of hydrogen-bond donors (Lipinski definition) is 0. The van der Waals surface area contributed by atoms with Crippen LogP contribution in [0.4, 0.5) is 0 Å². The molecule has 0 amide bonds. The molecule has 0 unspecified atom stereocenters. The Hall–Kier alpha value is -3.65. The first-order valence-electron chi connectivity index (χ1n) is 13.1. The summed E-state index contributed by atoms with van der Waals surface area (Å²) in [4.78, 5) is 32.1. The summed E-state index contributed by atoms with van der Waals surface area (Å²) in [6.07, 6.45) is 1.86. The van der Waals surface area contributed by atoms with Gasteiger partial charge < -0.3 is 9.47 Å². The van der Waals surface area contributed by atoms with Crippen molar-refractivity contribution in [3.8, 4) is 5.75 Å². The SMILES string of the molecule is CCOC(=O)C1=C(C)N=c2s/c(=C\c3cc(C)c(OCc4ccc(Cl)cc4)c(C)c3)c(=O)n2[C@@H]1c1ccc(Cl)cc1. The molecule has 1 aliphatic heterocycles. The molecule has 0 radical (unpaired) electrons. The number of hydrogen-bond acceptors (Lipinski definition) is 6. The van der Waals surface area contributed by atoms with Crippen LogP contribution >= 0.6 is 34.5 Å². The van der Waals surface area contributed by atoms with Crippen LogP contribution in [0.1, 0.15) is 47.7 Å². The van der Waals surface area contributed by atoms with E-state index in [0.717, 1.165) is 33.6 Å². The van der Waals surface area contributed by atoms with Gasteiger partial charge in [0.2, 0.25) is 0 Å². The molecule has 1 aliphatic rings. The second kappa shape index (κ2) is 12.1. The zero-order chi connectivity index (χ0) is 29.3. The summed E-state index contributed by atoms with van der Waals surface area (Å²) in [5.74, 6) is 0.305. The topological polar surface area (TPSA) is 69.9 Å². The summed E-state index contributed by atoms with van der Waals surface area (Å²) in [6, 6.07) is 18.0. The van der Waals surface area contributed by atoms with Gasteiger partial charge in [0, 0.05) is 10.0 Å². The fourth-order valence-corrected chi connectivity index (χ4v) is 6.23. The third-order valence-corrected chi connectivity index (χ3v) is 8.27. The molecule has 1 atom stereocenters. The maximum atomic E-state index is 13.9. The molecular weight excluding hydrogens is 579 g/mol. The number of allylic oxidation sites excluding steroid dienone is 1. The number of aryl methyl sites for hydroxylation is 2. The lowest BCUT2D eigenvalue weighted by atomic mass is 9.96. The number of benzene rings is 3. The second-order valence-corrected chi connectivity index (χ2v) is 11.6. The Kier molecular flexibility index (Phi) is 8.50. The van der Waals surface area contributed by atoms with Gasteiger partial charge in [-0.15, -0.1) is 0 Å². The molecule has 0 aliphatic carbocycles. The summed E-state index contributed by atoms with van der Waals surface area (Å²) in [5.41, 5.74) is 5.16. The maximum Gasteiger partial charge on any atom is 0.338 e. The summed E-state index contributed by atoms with van der Waals surface area (Å²) in [7, 11) is 0. The van der Waals surface area contributed by atoms with E-state index >= 15 is 0 Å². The van der Waals surface area contributed by atoms with Gasteiger partial charge in [-0.3, -0.25) is 9.36 Å². The maximum absolute atomic E-state index is 13.9. The number of thiazole rings is 1. The minimum atomic E-state index is -0.683. The van der Waals surface area contributed by atoms with Crippen LogP contribution in [0, 0.1) is 13.8 Å². The van der Waals surface area contributed by atoms with Crippen LogP contribution < -0.4 is 19.6 Å². The molecule has 0 N–H and O–H groups in total. The van der Waals surface area contributed by atoms with Gasteiger partial charge in [-0.05, 0) is 98.0 Å². The van der Waals surface area contributed by atoms with Gasteiger partial charge in [0.25, 0.3) is 5.56 Å².